The Labute approximate surface area is 114 Å². The molecule has 0 spiro atoms. The van der Waals surface area contributed by atoms with Crippen molar-refractivity contribution in [1.29, 1.82) is 5.26 Å². The molecule has 0 saturated heterocycles. The fourth-order valence-corrected chi connectivity index (χ4v) is 3.04. The first-order chi connectivity index (χ1) is 8.57. The molecule has 0 aromatic heterocycles. The highest BCUT2D eigenvalue weighted by molar-refractivity contribution is 6.30. The van der Waals surface area contributed by atoms with Gasteiger partial charge in [-0.1, -0.05) is 37.9 Å². The molecule has 0 heterocycles. The molecule has 0 radical (unpaired) electrons. The zero-order valence-electron chi connectivity index (χ0n) is 10.9. The quantitative estimate of drug-likeness (QED) is 0.854. The lowest BCUT2D eigenvalue weighted by atomic mass is 9.69. The molecule has 0 amide bonds. The second-order valence-corrected chi connectivity index (χ2v) is 5.81. The van der Waals surface area contributed by atoms with Gasteiger partial charge < -0.3 is 5.32 Å². The highest BCUT2D eigenvalue weighted by atomic mass is 35.5. The summed E-state index contributed by atoms with van der Waals surface area (Å²) in [5, 5.41) is 13.7. The lowest BCUT2D eigenvalue weighted by Crippen LogP contribution is -2.48. The first-order valence-electron chi connectivity index (χ1n) is 6.52. The van der Waals surface area contributed by atoms with E-state index in [-0.39, 0.29) is 0 Å². The molecule has 1 saturated carbocycles. The summed E-state index contributed by atoms with van der Waals surface area (Å²) >= 11 is 5.99. The molecule has 0 bridgehead atoms. The van der Waals surface area contributed by atoms with Crippen molar-refractivity contribution in [2.45, 2.75) is 38.6 Å². The molecule has 3 unspecified atom stereocenters. The zero-order valence-corrected chi connectivity index (χ0v) is 11.7. The highest BCUT2D eigenvalue weighted by Gasteiger charge is 2.41. The molecule has 1 aromatic carbocycles. The van der Waals surface area contributed by atoms with Crippen LogP contribution in [0.3, 0.4) is 0 Å². The molecular weight excluding hydrogens is 244 g/mol. The SMILES string of the molecule is CC1CCCC(C#N)(Nc2cccc(Cl)c2)C1C. The molecule has 1 aliphatic carbocycles. The van der Waals surface area contributed by atoms with Crippen molar-refractivity contribution in [3.63, 3.8) is 0 Å². The summed E-state index contributed by atoms with van der Waals surface area (Å²) in [6, 6.07) is 10.1. The maximum absolute atomic E-state index is 9.61. The van der Waals surface area contributed by atoms with Gasteiger partial charge in [0.2, 0.25) is 0 Å². The zero-order chi connectivity index (χ0) is 13.2. The Morgan fingerprint density at radius 2 is 2.22 bits per heavy atom. The second kappa shape index (κ2) is 5.20. The maximum Gasteiger partial charge on any atom is 0.128 e. The van der Waals surface area contributed by atoms with E-state index in [1.165, 1.54) is 6.42 Å². The van der Waals surface area contributed by atoms with Gasteiger partial charge in [-0.2, -0.15) is 5.26 Å². The van der Waals surface area contributed by atoms with E-state index in [0.29, 0.717) is 16.9 Å². The molecule has 1 N–H and O–H groups in total. The molecule has 1 fully saturated rings. The number of nitriles is 1. The van der Waals surface area contributed by atoms with E-state index in [9.17, 15) is 5.26 Å². The third-order valence-electron chi connectivity index (χ3n) is 4.25. The van der Waals surface area contributed by atoms with Crippen LogP contribution in [0.15, 0.2) is 24.3 Å². The molecule has 18 heavy (non-hydrogen) atoms. The predicted octanol–water partition coefficient (Wildman–Crippen LogP) is 4.47. The lowest BCUT2D eigenvalue weighted by Gasteiger charge is -2.42. The van der Waals surface area contributed by atoms with Gasteiger partial charge in [0.05, 0.1) is 6.07 Å². The number of anilines is 1. The van der Waals surface area contributed by atoms with Crippen LogP contribution in [-0.2, 0) is 0 Å². The summed E-state index contributed by atoms with van der Waals surface area (Å²) < 4.78 is 0. The Hall–Kier alpha value is -1.20. The van der Waals surface area contributed by atoms with Crippen molar-refractivity contribution in [2.24, 2.45) is 11.8 Å². The summed E-state index contributed by atoms with van der Waals surface area (Å²) in [7, 11) is 0. The van der Waals surface area contributed by atoms with Gasteiger partial charge in [0.15, 0.2) is 0 Å². The molecular formula is C15H19ClN2. The van der Waals surface area contributed by atoms with E-state index in [4.69, 9.17) is 11.6 Å². The molecule has 1 aromatic rings. The molecule has 3 heteroatoms. The summed E-state index contributed by atoms with van der Waals surface area (Å²) in [4.78, 5) is 0. The summed E-state index contributed by atoms with van der Waals surface area (Å²) in [5.74, 6) is 0.917. The Morgan fingerprint density at radius 3 is 2.89 bits per heavy atom. The minimum Gasteiger partial charge on any atom is -0.367 e. The highest BCUT2D eigenvalue weighted by Crippen LogP contribution is 2.39. The maximum atomic E-state index is 9.61. The fraction of sp³-hybridized carbons (Fsp3) is 0.533. The van der Waals surface area contributed by atoms with Crippen molar-refractivity contribution < 1.29 is 0 Å². The summed E-state index contributed by atoms with van der Waals surface area (Å²) in [6.45, 7) is 4.40. The summed E-state index contributed by atoms with van der Waals surface area (Å²) in [5.41, 5.74) is 0.479. The monoisotopic (exact) mass is 262 g/mol. The molecule has 3 atom stereocenters. The van der Waals surface area contributed by atoms with Crippen LogP contribution in [0.5, 0.6) is 0 Å². The van der Waals surface area contributed by atoms with E-state index in [0.717, 1.165) is 18.5 Å². The van der Waals surface area contributed by atoms with Crippen LogP contribution in [0.25, 0.3) is 0 Å². The average molecular weight is 263 g/mol. The topological polar surface area (TPSA) is 35.8 Å². The van der Waals surface area contributed by atoms with Gasteiger partial charge in [-0.25, -0.2) is 0 Å². The second-order valence-electron chi connectivity index (χ2n) is 5.38. The van der Waals surface area contributed by atoms with Gasteiger partial charge in [0.1, 0.15) is 5.54 Å². The van der Waals surface area contributed by atoms with Crippen LogP contribution in [-0.4, -0.2) is 5.54 Å². The third kappa shape index (κ3) is 2.47. The van der Waals surface area contributed by atoms with Crippen LogP contribution in [0.1, 0.15) is 33.1 Å². The van der Waals surface area contributed by atoms with Crippen LogP contribution >= 0.6 is 11.6 Å². The van der Waals surface area contributed by atoms with E-state index in [1.54, 1.807) is 0 Å². The van der Waals surface area contributed by atoms with Gasteiger partial charge in [-0.3, -0.25) is 0 Å². The van der Waals surface area contributed by atoms with Gasteiger partial charge in [-0.15, -0.1) is 0 Å². The normalized spacial score (nSPS) is 31.7. The van der Waals surface area contributed by atoms with Crippen molar-refractivity contribution >= 4 is 17.3 Å². The Morgan fingerprint density at radius 1 is 1.44 bits per heavy atom. The molecule has 2 nitrogen and oxygen atoms in total. The van der Waals surface area contributed by atoms with Crippen molar-refractivity contribution in [2.75, 3.05) is 5.32 Å². The number of rotatable bonds is 2. The number of halogens is 1. The van der Waals surface area contributed by atoms with Crippen molar-refractivity contribution in [3.8, 4) is 6.07 Å². The van der Waals surface area contributed by atoms with Gasteiger partial charge in [0.25, 0.3) is 0 Å². The minimum atomic E-state index is -0.456. The third-order valence-corrected chi connectivity index (χ3v) is 4.49. The van der Waals surface area contributed by atoms with Crippen LogP contribution in [0, 0.1) is 23.2 Å². The largest absolute Gasteiger partial charge is 0.367 e. The Kier molecular flexibility index (Phi) is 3.82. The van der Waals surface area contributed by atoms with E-state index < -0.39 is 5.54 Å². The number of nitrogens with zero attached hydrogens (tertiary/aromatic N) is 1. The predicted molar refractivity (Wildman–Crippen MR) is 75.6 cm³/mol. The minimum absolute atomic E-state index is 0.343. The smallest absolute Gasteiger partial charge is 0.128 e. The summed E-state index contributed by atoms with van der Waals surface area (Å²) in [6.07, 6.45) is 3.22. The molecule has 2 rings (SSSR count). The van der Waals surface area contributed by atoms with Gasteiger partial charge in [-0.05, 0) is 42.9 Å². The standard InChI is InChI=1S/C15H19ClN2/c1-11-5-4-8-15(10-17,12(11)2)18-14-7-3-6-13(16)9-14/h3,6-7,9,11-12,18H,4-5,8H2,1-2H3. The fourth-order valence-electron chi connectivity index (χ4n) is 2.85. The number of benzene rings is 1. The van der Waals surface area contributed by atoms with Crippen LogP contribution in [0.2, 0.25) is 5.02 Å². The molecule has 96 valence electrons. The molecule has 1 aliphatic rings. The first kappa shape index (κ1) is 13.2. The lowest BCUT2D eigenvalue weighted by molar-refractivity contribution is 0.206. The van der Waals surface area contributed by atoms with Crippen molar-refractivity contribution in [1.82, 2.24) is 0 Å². The average Bonchev–Trinajstić information content (AvgIpc) is 2.35. The van der Waals surface area contributed by atoms with E-state index >= 15 is 0 Å². The molecule has 0 aliphatic heterocycles. The van der Waals surface area contributed by atoms with Gasteiger partial charge >= 0.3 is 0 Å². The Balaban J connectivity index is 2.26. The van der Waals surface area contributed by atoms with Crippen LogP contribution in [0.4, 0.5) is 5.69 Å². The van der Waals surface area contributed by atoms with Gasteiger partial charge in [0, 0.05) is 10.7 Å². The van der Waals surface area contributed by atoms with Crippen molar-refractivity contribution in [3.05, 3.63) is 29.3 Å². The number of nitrogens with one attached hydrogen (secondary N) is 1. The Bertz CT molecular complexity index is 466. The first-order valence-corrected chi connectivity index (χ1v) is 6.90. The number of hydrogen-bond donors (Lipinski definition) is 1. The van der Waals surface area contributed by atoms with Crippen LogP contribution < -0.4 is 5.32 Å². The van der Waals surface area contributed by atoms with E-state index in [2.05, 4.69) is 25.2 Å². The van der Waals surface area contributed by atoms with E-state index in [1.807, 2.05) is 24.3 Å². The number of hydrogen-bond acceptors (Lipinski definition) is 2.